The van der Waals surface area contributed by atoms with Gasteiger partial charge in [0.15, 0.2) is 0 Å². The van der Waals surface area contributed by atoms with Crippen LogP contribution >= 0.6 is 11.6 Å². The molecule has 0 saturated carbocycles. The maximum Gasteiger partial charge on any atom is 0.310 e. The van der Waals surface area contributed by atoms with E-state index in [1.807, 2.05) is 0 Å². The standard InChI is InChI=1S/C11H12ClFO2/c1-3-15-10(14)6-8-7(2)4-5-9(13)11(8)12/h4-5H,3,6H2,1-2H3. The van der Waals surface area contributed by atoms with Crippen LogP contribution in [0.25, 0.3) is 0 Å². The summed E-state index contributed by atoms with van der Waals surface area (Å²) in [6.07, 6.45) is 0.0102. The molecule has 0 aliphatic carbocycles. The summed E-state index contributed by atoms with van der Waals surface area (Å²) < 4.78 is 17.9. The van der Waals surface area contributed by atoms with Crippen molar-refractivity contribution in [2.24, 2.45) is 0 Å². The molecule has 0 unspecified atom stereocenters. The molecule has 0 N–H and O–H groups in total. The molecular formula is C11H12ClFO2. The summed E-state index contributed by atoms with van der Waals surface area (Å²) in [6, 6.07) is 2.88. The number of carbonyl (C=O) groups excluding carboxylic acids is 1. The second-order valence-electron chi connectivity index (χ2n) is 3.14. The lowest BCUT2D eigenvalue weighted by Crippen LogP contribution is -2.09. The molecule has 0 bridgehead atoms. The number of aryl methyl sites for hydroxylation is 1. The maximum absolute atomic E-state index is 13.1. The molecule has 0 aliphatic rings. The van der Waals surface area contributed by atoms with Crippen LogP contribution in [0.15, 0.2) is 12.1 Å². The van der Waals surface area contributed by atoms with E-state index in [0.29, 0.717) is 12.2 Å². The number of rotatable bonds is 3. The average Bonchev–Trinajstić information content (AvgIpc) is 2.19. The van der Waals surface area contributed by atoms with Gasteiger partial charge in [-0.15, -0.1) is 0 Å². The molecule has 15 heavy (non-hydrogen) atoms. The van der Waals surface area contributed by atoms with Crippen molar-refractivity contribution in [1.82, 2.24) is 0 Å². The third-order valence-corrected chi connectivity index (χ3v) is 2.47. The first-order valence-electron chi connectivity index (χ1n) is 4.65. The van der Waals surface area contributed by atoms with Crippen LogP contribution in [0.5, 0.6) is 0 Å². The second-order valence-corrected chi connectivity index (χ2v) is 3.52. The molecule has 1 aromatic rings. The van der Waals surface area contributed by atoms with Crippen LogP contribution in [0.2, 0.25) is 5.02 Å². The van der Waals surface area contributed by atoms with Gasteiger partial charge < -0.3 is 4.74 Å². The van der Waals surface area contributed by atoms with Crippen LogP contribution < -0.4 is 0 Å². The molecule has 0 radical (unpaired) electrons. The van der Waals surface area contributed by atoms with Crippen LogP contribution in [-0.4, -0.2) is 12.6 Å². The Labute approximate surface area is 93.0 Å². The largest absolute Gasteiger partial charge is 0.466 e. The van der Waals surface area contributed by atoms with Gasteiger partial charge in [0, 0.05) is 0 Å². The van der Waals surface area contributed by atoms with Gasteiger partial charge in [0.1, 0.15) is 5.82 Å². The minimum absolute atomic E-state index is 0.00283. The predicted molar refractivity (Wildman–Crippen MR) is 56.5 cm³/mol. The summed E-state index contributed by atoms with van der Waals surface area (Å²) in [4.78, 5) is 11.2. The van der Waals surface area contributed by atoms with Crippen molar-refractivity contribution in [3.8, 4) is 0 Å². The van der Waals surface area contributed by atoms with Crippen LogP contribution in [-0.2, 0) is 16.0 Å². The number of benzene rings is 1. The Bertz CT molecular complexity index is 377. The quantitative estimate of drug-likeness (QED) is 0.747. The smallest absolute Gasteiger partial charge is 0.310 e. The molecule has 0 amide bonds. The minimum Gasteiger partial charge on any atom is -0.466 e. The summed E-state index contributed by atoms with van der Waals surface area (Å²) in [5.41, 5.74) is 1.28. The van der Waals surface area contributed by atoms with Crippen molar-refractivity contribution >= 4 is 17.6 Å². The first-order valence-corrected chi connectivity index (χ1v) is 5.03. The molecule has 0 atom stereocenters. The highest BCUT2D eigenvalue weighted by Crippen LogP contribution is 2.23. The zero-order valence-electron chi connectivity index (χ0n) is 8.64. The Morgan fingerprint density at radius 1 is 1.53 bits per heavy atom. The first-order chi connectivity index (χ1) is 7.06. The fourth-order valence-corrected chi connectivity index (χ4v) is 1.54. The van der Waals surface area contributed by atoms with E-state index in [-0.39, 0.29) is 11.4 Å². The molecule has 0 saturated heterocycles. The van der Waals surface area contributed by atoms with Gasteiger partial charge in [-0.1, -0.05) is 17.7 Å². The molecular weight excluding hydrogens is 219 g/mol. The van der Waals surface area contributed by atoms with Crippen molar-refractivity contribution in [1.29, 1.82) is 0 Å². The summed E-state index contributed by atoms with van der Waals surface area (Å²) in [5, 5.41) is 0.00283. The number of halogens is 2. The number of hydrogen-bond donors (Lipinski definition) is 0. The van der Waals surface area contributed by atoms with E-state index in [2.05, 4.69) is 0 Å². The Hall–Kier alpha value is -1.09. The third kappa shape index (κ3) is 2.93. The topological polar surface area (TPSA) is 26.3 Å². The number of esters is 1. The van der Waals surface area contributed by atoms with Gasteiger partial charge in [-0.3, -0.25) is 4.79 Å². The van der Waals surface area contributed by atoms with Crippen molar-refractivity contribution in [3.63, 3.8) is 0 Å². The molecule has 0 spiro atoms. The van der Waals surface area contributed by atoms with Crippen LogP contribution in [0.3, 0.4) is 0 Å². The number of carbonyl (C=O) groups is 1. The molecule has 0 fully saturated rings. The van der Waals surface area contributed by atoms with Crippen molar-refractivity contribution < 1.29 is 13.9 Å². The van der Waals surface area contributed by atoms with Gasteiger partial charge in [-0.2, -0.15) is 0 Å². The molecule has 4 heteroatoms. The van der Waals surface area contributed by atoms with Gasteiger partial charge >= 0.3 is 5.97 Å². The zero-order chi connectivity index (χ0) is 11.4. The SMILES string of the molecule is CCOC(=O)Cc1c(C)ccc(F)c1Cl. The van der Waals surface area contributed by atoms with Crippen molar-refractivity contribution in [3.05, 3.63) is 34.1 Å². The van der Waals surface area contributed by atoms with E-state index < -0.39 is 11.8 Å². The normalized spacial score (nSPS) is 10.1. The minimum atomic E-state index is -0.512. The monoisotopic (exact) mass is 230 g/mol. The fraction of sp³-hybridized carbons (Fsp3) is 0.364. The second kappa shape index (κ2) is 5.12. The molecule has 0 aliphatic heterocycles. The summed E-state index contributed by atoms with van der Waals surface area (Å²) in [7, 11) is 0. The highest BCUT2D eigenvalue weighted by atomic mass is 35.5. The molecule has 2 nitrogen and oxygen atoms in total. The van der Waals surface area contributed by atoms with Gasteiger partial charge in [-0.25, -0.2) is 4.39 Å². The molecule has 82 valence electrons. The Kier molecular flexibility index (Phi) is 4.09. The van der Waals surface area contributed by atoms with Crippen molar-refractivity contribution in [2.75, 3.05) is 6.61 Å². The molecule has 0 aromatic heterocycles. The van der Waals surface area contributed by atoms with E-state index in [0.717, 1.165) is 5.56 Å². The van der Waals surface area contributed by atoms with Crippen LogP contribution in [0, 0.1) is 12.7 Å². The van der Waals surface area contributed by atoms with Crippen LogP contribution in [0.1, 0.15) is 18.1 Å². The van der Waals surface area contributed by atoms with Gasteiger partial charge in [0.05, 0.1) is 18.1 Å². The van der Waals surface area contributed by atoms with Crippen molar-refractivity contribution in [2.45, 2.75) is 20.3 Å². The average molecular weight is 231 g/mol. The Balaban J connectivity index is 2.93. The first kappa shape index (κ1) is 12.0. The molecule has 1 aromatic carbocycles. The van der Waals surface area contributed by atoms with E-state index in [9.17, 15) is 9.18 Å². The predicted octanol–water partition coefficient (Wildman–Crippen LogP) is 2.89. The Morgan fingerprint density at radius 3 is 2.80 bits per heavy atom. The van der Waals surface area contributed by atoms with E-state index in [4.69, 9.17) is 16.3 Å². The number of hydrogen-bond acceptors (Lipinski definition) is 2. The highest BCUT2D eigenvalue weighted by Gasteiger charge is 2.13. The Morgan fingerprint density at radius 2 is 2.20 bits per heavy atom. The van der Waals surface area contributed by atoms with E-state index >= 15 is 0 Å². The lowest BCUT2D eigenvalue weighted by Gasteiger charge is -2.08. The third-order valence-electron chi connectivity index (χ3n) is 2.06. The summed E-state index contributed by atoms with van der Waals surface area (Å²) in [6.45, 7) is 3.81. The number of ether oxygens (including phenoxy) is 1. The van der Waals surface area contributed by atoms with Gasteiger partial charge in [-0.05, 0) is 31.0 Å². The molecule has 0 heterocycles. The highest BCUT2D eigenvalue weighted by molar-refractivity contribution is 6.31. The van der Waals surface area contributed by atoms with Gasteiger partial charge in [0.25, 0.3) is 0 Å². The lowest BCUT2D eigenvalue weighted by atomic mass is 10.1. The lowest BCUT2D eigenvalue weighted by molar-refractivity contribution is -0.142. The maximum atomic E-state index is 13.1. The molecule has 1 rings (SSSR count). The zero-order valence-corrected chi connectivity index (χ0v) is 9.40. The van der Waals surface area contributed by atoms with E-state index in [1.54, 1.807) is 19.9 Å². The summed E-state index contributed by atoms with van der Waals surface area (Å²) in [5.74, 6) is -0.908. The van der Waals surface area contributed by atoms with E-state index in [1.165, 1.54) is 6.07 Å². The van der Waals surface area contributed by atoms with Crippen LogP contribution in [0.4, 0.5) is 4.39 Å². The fourth-order valence-electron chi connectivity index (χ4n) is 1.26. The summed E-state index contributed by atoms with van der Waals surface area (Å²) >= 11 is 5.76. The van der Waals surface area contributed by atoms with Gasteiger partial charge in [0.2, 0.25) is 0 Å².